The van der Waals surface area contributed by atoms with Crippen molar-refractivity contribution in [2.45, 2.75) is 85.7 Å². The number of Topliss-reactive ketones (excluding diaryl/α,β-unsaturated/α-hetero) is 1. The molecule has 0 spiro atoms. The first kappa shape index (κ1) is 116. The zero-order valence-electron chi connectivity index (χ0n) is 82.8. The fraction of sp³-hybridized carbons (Fsp3) is 0.202. The Labute approximate surface area is 890 Å². The molecule has 768 valence electrons. The van der Waals surface area contributed by atoms with E-state index in [4.69, 9.17) is 99.0 Å². The predicted molar refractivity (Wildman–Crippen MR) is 575 cm³/mol. The molecule has 150 heavy (non-hydrogen) atoms. The number of fused-ring (bicyclic) bond motifs is 4. The van der Waals surface area contributed by atoms with E-state index < -0.39 is 38.1 Å². The number of hydrogen-bond acceptors (Lipinski definition) is 35. The van der Waals surface area contributed by atoms with Gasteiger partial charge in [-0.05, 0) is 140 Å². The molecule has 5 aromatic carbocycles. The molecule has 0 bridgehead atoms. The molecule has 2 atom stereocenters. The Morgan fingerprint density at radius 3 is 1.00 bits per heavy atom. The number of methoxy groups -OCH3 is 3. The number of aromatic carboxylic acids is 1. The van der Waals surface area contributed by atoms with Gasteiger partial charge in [0.2, 0.25) is 0 Å². The van der Waals surface area contributed by atoms with Gasteiger partial charge in [0.15, 0.2) is 73.1 Å². The number of esters is 3. The quantitative estimate of drug-likeness (QED) is 0.0165. The number of imidazole rings is 4. The van der Waals surface area contributed by atoms with E-state index in [9.17, 15) is 29.1 Å². The van der Waals surface area contributed by atoms with Crippen LogP contribution < -0.4 is 64.2 Å². The van der Waals surface area contributed by atoms with Crippen LogP contribution in [0, 0.1) is 27.7 Å². The van der Waals surface area contributed by atoms with Gasteiger partial charge in [0, 0.05) is 136 Å². The van der Waals surface area contributed by atoms with Crippen LogP contribution in [0.15, 0.2) is 250 Å². The Balaban J connectivity index is 0.000000181. The van der Waals surface area contributed by atoms with Crippen LogP contribution in [-0.4, -0.2) is 239 Å². The van der Waals surface area contributed by atoms with Crippen molar-refractivity contribution in [1.82, 2.24) is 97.2 Å². The minimum atomic E-state index is -1.42. The zero-order valence-corrected chi connectivity index (χ0v) is 85.1. The first-order valence-corrected chi connectivity index (χ1v) is 47.0. The molecule has 13 aromatic heterocycles. The number of nitrogens with zero attached hydrogens (tertiary/aromatic N) is 20. The smallest absolute Gasteiger partial charge is 0.870 e. The standard InChI is InChI=1S/C26H28N6O.C20H17N5O2.C19H15N5O2.C12H10ClN3O2.C8H9BN2O2.C6H7BO2.C6H5Cl2N3O2.C6H14N2.CH4.Li.H2O/c1-17-15-28-22-13-10-19(16-32(17)22)24-23(18-7-4-3-5-8-18)30-26(27)25(29-24)21(33)12-11-20-9-6-14-31(20)2;1-12-10-22-15-9-8-14(11-25(12)15)17-16(13-6-4-3-5-7-13)24-19(21)18(23-17)20(26)27-2;1-11-9-21-14-8-7-13(10-24(11)14)16-15(12-5-3-2-4-6-12)23-18(20)17(22-16)19(25)26;1-18-12(17)9-11(14)16-8(10(13)15-9)7-5-3-2-4-6-7;1-6-4-10-8-3-2-7(9(12)13)5-11(6)8;8-7(9)6-4-2-1-3-5-6;1-13-6(12)2-5(9)11-4(8)3(7)10-2;1-8-4-2-3-6(8)5-7;;;/h3-5,7-8,10,13,15-16,20H,6,9,11-12,14H2,1-2H3,(H2,27,30);3-11H,1-2H3,(H2,21,24);2-10H,1H3,(H2,20,23)(H,25,26);2-6H,1H3,(H2,14,16);2-5,12-13H,1H3;1-5,8-9H;1H3,(H2,9,11);6H,2-5,7H2,1H3;1H4;;1H2/q;;;;;;;;;+1;/p-1/t20-;;;;;;;6-;;;/m1......1.../s1. The van der Waals surface area contributed by atoms with Crippen molar-refractivity contribution in [2.24, 2.45) is 5.73 Å². The molecular weight excluding hydrogens is 1970 g/mol. The molecule has 18 aromatic rings. The topological polar surface area (TPSA) is 605 Å². The molecule has 40 nitrogen and oxygen atoms in total. The number of rotatable bonds is 18. The Bertz CT molecular complexity index is 7710. The van der Waals surface area contributed by atoms with Crippen molar-refractivity contribution < 1.29 is 87.7 Å². The van der Waals surface area contributed by atoms with E-state index >= 15 is 0 Å². The van der Waals surface area contributed by atoms with E-state index in [-0.39, 0.29) is 111 Å². The summed E-state index contributed by atoms with van der Waals surface area (Å²) in [5.74, 6) is -3.28. The van der Waals surface area contributed by atoms with E-state index in [0.717, 1.165) is 110 Å². The molecule has 18 N–H and O–H groups in total. The third kappa shape index (κ3) is 28.7. The number of likely N-dealkylation sites (N-methyl/N-ethyl adjacent to an activating group) is 1. The van der Waals surface area contributed by atoms with Crippen molar-refractivity contribution in [2.75, 3.05) is 83.7 Å². The van der Waals surface area contributed by atoms with E-state index in [2.05, 4.69) is 98.2 Å². The number of pyridine rings is 4. The van der Waals surface area contributed by atoms with Gasteiger partial charge in [-0.15, -0.1) is 0 Å². The summed E-state index contributed by atoms with van der Waals surface area (Å²) >= 11 is 17.0. The maximum absolute atomic E-state index is 13.2. The van der Waals surface area contributed by atoms with Crippen LogP contribution in [0.5, 0.6) is 0 Å². The van der Waals surface area contributed by atoms with E-state index in [1.54, 1.807) is 61.2 Å². The molecule has 2 aliphatic heterocycles. The summed E-state index contributed by atoms with van der Waals surface area (Å²) in [4.78, 5) is 123. The first-order valence-electron chi connectivity index (χ1n) is 45.9. The van der Waals surface area contributed by atoms with Gasteiger partial charge in [-0.2, -0.15) is 0 Å². The summed E-state index contributed by atoms with van der Waals surface area (Å²) in [5, 5.41) is 44.4. The van der Waals surface area contributed by atoms with Crippen LogP contribution in [0.1, 0.15) is 121 Å². The molecule has 0 aliphatic carbocycles. The number of benzene rings is 5. The van der Waals surface area contributed by atoms with Crippen LogP contribution in [0.25, 0.3) is 101 Å². The number of carboxylic acid groups (broad SMARTS) is 1. The van der Waals surface area contributed by atoms with E-state index in [1.807, 2.05) is 234 Å². The van der Waals surface area contributed by atoms with Gasteiger partial charge < -0.3 is 107 Å². The fourth-order valence-corrected chi connectivity index (χ4v) is 16.2. The Kier molecular flexibility index (Phi) is 41.9. The van der Waals surface area contributed by atoms with Crippen LogP contribution in [0.4, 0.5) is 29.1 Å². The number of carbonyl (C=O) groups excluding carboxylic acids is 4. The second-order valence-electron chi connectivity index (χ2n) is 33.5. The van der Waals surface area contributed by atoms with Crippen LogP contribution >= 0.6 is 34.8 Å². The average Bonchev–Trinajstić information content (AvgIpc) is 1.58. The van der Waals surface area contributed by atoms with Gasteiger partial charge in [-0.3, -0.25) is 4.79 Å². The second-order valence-corrected chi connectivity index (χ2v) is 34.6. The van der Waals surface area contributed by atoms with Crippen molar-refractivity contribution >= 4 is 141 Å². The van der Waals surface area contributed by atoms with Gasteiger partial charge >= 0.3 is 57.0 Å². The largest absolute Gasteiger partial charge is 1.00 e. The van der Waals surface area contributed by atoms with E-state index in [1.165, 1.54) is 47.1 Å². The number of carboxylic acids is 1. The minimum absolute atomic E-state index is 0. The second kappa shape index (κ2) is 54.1. The Morgan fingerprint density at radius 2 is 0.660 bits per heavy atom. The Hall–Kier alpha value is -15.9. The number of carbonyl (C=O) groups is 5. The van der Waals surface area contributed by atoms with Crippen LogP contribution in [0.2, 0.25) is 15.5 Å². The third-order valence-corrected chi connectivity index (χ3v) is 24.5. The van der Waals surface area contributed by atoms with Crippen LogP contribution in [0.3, 0.4) is 0 Å². The van der Waals surface area contributed by atoms with Gasteiger partial charge in [-0.25, -0.2) is 89.0 Å². The first-order chi connectivity index (χ1) is 70.6. The fourth-order valence-electron chi connectivity index (χ4n) is 15.7. The zero-order chi connectivity index (χ0) is 105. The number of aryl methyl sites for hydroxylation is 4. The predicted octanol–water partition coefficient (Wildman–Crippen LogP) is 10.1. The molecule has 0 radical (unpaired) electrons. The minimum Gasteiger partial charge on any atom is -0.870 e. The van der Waals surface area contributed by atoms with Crippen molar-refractivity contribution in [3.63, 3.8) is 0 Å². The number of nitrogen functional groups attached to an aromatic ring is 5. The molecule has 2 fully saturated rings. The molecule has 0 unspecified atom stereocenters. The summed E-state index contributed by atoms with van der Waals surface area (Å²) < 4.78 is 21.4. The number of likely N-dealkylation sites (tertiary alicyclic amines) is 2. The number of anilines is 5. The molecule has 0 amide bonds. The summed E-state index contributed by atoms with van der Waals surface area (Å²) in [5.41, 5.74) is 52.2. The maximum Gasteiger partial charge on any atom is 1.00 e. The molecule has 2 saturated heterocycles. The number of ketones is 1. The normalized spacial score (nSPS) is 12.7. The van der Waals surface area contributed by atoms with Gasteiger partial charge in [0.1, 0.15) is 34.0 Å². The van der Waals surface area contributed by atoms with E-state index in [0.29, 0.717) is 69.3 Å². The molecule has 15 heterocycles. The number of hydrogen-bond donors (Lipinski definition) is 11. The molecular formula is C104H110B2Cl3LiN26O14. The van der Waals surface area contributed by atoms with Gasteiger partial charge in [0.05, 0.1) is 55.5 Å². The van der Waals surface area contributed by atoms with Crippen molar-refractivity contribution in [3.05, 3.63) is 316 Å². The SMILES string of the molecule is C.CN1CCC[C@@H]1CN.COC(=O)c1nc(-c2ccc3ncc(C)n3c2)c(-c2ccccc2)nc1N.COC(=O)c1nc(Cl)c(-c2ccccc2)nc1N.COC(=O)c1nc(Cl)c(Cl)nc1N.Cc1cnc2ccc(-c3nc(C(=O)CC[C@H]4CCCN4C)c(N)nc3-c3ccccc3)cn12.Cc1cnc2ccc(-c3nc(C(=O)O)c(N)nc3-c3ccccc3)cn12.Cc1cnc2ccc(B(O)O)cn12.OB(O)c1ccccc1.[Li+].[OH-]. The number of nitrogens with two attached hydrogens (primary N) is 6. The van der Waals surface area contributed by atoms with Crippen LogP contribution in [-0.2, 0) is 14.2 Å². The number of halogens is 3. The summed E-state index contributed by atoms with van der Waals surface area (Å²) in [6, 6.07) is 62.6. The monoisotopic (exact) mass is 2080 g/mol. The maximum atomic E-state index is 13.2. The number of ether oxygens (including phenoxy) is 3. The number of aromatic nitrogens is 18. The average molecular weight is 2080 g/mol. The van der Waals surface area contributed by atoms with Crippen molar-refractivity contribution in [1.29, 1.82) is 0 Å². The molecule has 0 saturated carbocycles. The Morgan fingerprint density at radius 1 is 0.367 bits per heavy atom. The van der Waals surface area contributed by atoms with Gasteiger partial charge in [0.25, 0.3) is 0 Å². The third-order valence-electron chi connectivity index (χ3n) is 23.6. The molecule has 46 heteroatoms. The molecule has 2 aliphatic rings. The summed E-state index contributed by atoms with van der Waals surface area (Å²) in [6.07, 6.45) is 20.8. The van der Waals surface area contributed by atoms with Gasteiger partial charge in [-0.1, -0.05) is 200 Å². The summed E-state index contributed by atoms with van der Waals surface area (Å²) in [6.45, 7) is 11.0. The van der Waals surface area contributed by atoms with Crippen molar-refractivity contribution in [3.8, 4) is 78.8 Å². The summed E-state index contributed by atoms with van der Waals surface area (Å²) in [7, 11) is 5.23. The molecule has 20 rings (SSSR count).